The molecule has 1 heterocycles. The summed E-state index contributed by atoms with van der Waals surface area (Å²) in [6.45, 7) is 4.06. The molecule has 1 rings (SSSR count). The minimum Gasteiger partial charge on any atom is -0.463 e. The Morgan fingerprint density at radius 3 is 1.96 bits per heavy atom. The minimum absolute atomic E-state index is 0.381. The normalized spacial score (nSPS) is 29.3. The van der Waals surface area contributed by atoms with E-state index in [4.69, 9.17) is 18.9 Å². The molecule has 0 aromatic heterocycles. The number of esters is 3. The Morgan fingerprint density at radius 1 is 0.958 bits per heavy atom. The van der Waals surface area contributed by atoms with E-state index in [1.807, 2.05) is 0 Å². The highest BCUT2D eigenvalue weighted by Gasteiger charge is 2.51. The lowest BCUT2D eigenvalue weighted by Crippen LogP contribution is -2.63. The third-order valence-corrected chi connectivity index (χ3v) is 3.02. The number of carbonyl (C=O) groups is 4. The second kappa shape index (κ2) is 8.57. The number of amides is 1. The maximum atomic E-state index is 14.6. The number of rotatable bonds is 5. The number of ether oxygens (including phenoxy) is 4. The molecule has 1 saturated heterocycles. The van der Waals surface area contributed by atoms with Crippen molar-refractivity contribution in [2.75, 3.05) is 6.61 Å². The molecule has 136 valence electrons. The van der Waals surface area contributed by atoms with E-state index in [0.717, 1.165) is 27.7 Å². The summed E-state index contributed by atoms with van der Waals surface area (Å²) < 4.78 is 34.6. The number of hydrogen-bond donors (Lipinski definition) is 1. The second-order valence-electron chi connectivity index (χ2n) is 5.19. The summed E-state index contributed by atoms with van der Waals surface area (Å²) in [5, 5.41) is 2.22. The van der Waals surface area contributed by atoms with Crippen LogP contribution in [0.2, 0.25) is 0 Å². The smallest absolute Gasteiger partial charge is 0.303 e. The largest absolute Gasteiger partial charge is 0.463 e. The van der Waals surface area contributed by atoms with E-state index >= 15 is 0 Å². The van der Waals surface area contributed by atoms with E-state index in [0.29, 0.717) is 0 Å². The highest BCUT2D eigenvalue weighted by Crippen LogP contribution is 2.28. The Hall–Kier alpha value is -2.23. The summed E-state index contributed by atoms with van der Waals surface area (Å²) in [6, 6.07) is 0. The van der Waals surface area contributed by atoms with Gasteiger partial charge in [-0.1, -0.05) is 0 Å². The lowest BCUT2D eigenvalue weighted by atomic mass is 9.98. The van der Waals surface area contributed by atoms with E-state index < -0.39 is 54.5 Å². The first-order valence-electron chi connectivity index (χ1n) is 7.16. The SMILES string of the molecule is CC(=O)N[C@@H]1O[C@H](COC(C)=O)[C@H](OC(C)=O)[C@H](OC(C)=O)[C@H]1F. The Bertz CT molecular complexity index is 495. The van der Waals surface area contributed by atoms with Crippen molar-refractivity contribution in [2.24, 2.45) is 0 Å². The molecule has 1 amide bonds. The van der Waals surface area contributed by atoms with Gasteiger partial charge in [0.15, 0.2) is 24.6 Å². The zero-order valence-electron chi connectivity index (χ0n) is 13.7. The molecule has 0 radical (unpaired) electrons. The summed E-state index contributed by atoms with van der Waals surface area (Å²) in [5.74, 6) is -2.79. The first kappa shape index (κ1) is 19.8. The van der Waals surface area contributed by atoms with Crippen LogP contribution >= 0.6 is 0 Å². The van der Waals surface area contributed by atoms with E-state index in [-0.39, 0.29) is 6.61 Å². The van der Waals surface area contributed by atoms with Crippen LogP contribution in [0, 0.1) is 0 Å². The summed E-state index contributed by atoms with van der Waals surface area (Å²) in [7, 11) is 0. The van der Waals surface area contributed by atoms with E-state index in [9.17, 15) is 23.6 Å². The van der Waals surface area contributed by atoms with Crippen LogP contribution in [0.25, 0.3) is 0 Å². The van der Waals surface area contributed by atoms with Gasteiger partial charge >= 0.3 is 17.9 Å². The molecule has 0 unspecified atom stereocenters. The number of halogens is 1. The predicted molar refractivity (Wildman–Crippen MR) is 75.1 cm³/mol. The fraction of sp³-hybridized carbons (Fsp3) is 0.714. The molecule has 0 bridgehead atoms. The van der Waals surface area contributed by atoms with Gasteiger partial charge in [-0.25, -0.2) is 4.39 Å². The molecule has 9 nitrogen and oxygen atoms in total. The van der Waals surface area contributed by atoms with Gasteiger partial charge in [0, 0.05) is 27.7 Å². The second-order valence-corrected chi connectivity index (χ2v) is 5.19. The fourth-order valence-electron chi connectivity index (χ4n) is 2.21. The van der Waals surface area contributed by atoms with Crippen LogP contribution < -0.4 is 5.32 Å². The van der Waals surface area contributed by atoms with Crippen LogP contribution in [0.3, 0.4) is 0 Å². The Morgan fingerprint density at radius 2 is 1.50 bits per heavy atom. The molecule has 0 aromatic carbocycles. The fourth-order valence-corrected chi connectivity index (χ4v) is 2.21. The third-order valence-electron chi connectivity index (χ3n) is 3.02. The van der Waals surface area contributed by atoms with Crippen molar-refractivity contribution < 1.29 is 42.5 Å². The molecule has 0 aromatic rings. The van der Waals surface area contributed by atoms with Gasteiger partial charge in [-0.05, 0) is 0 Å². The minimum atomic E-state index is -1.99. The van der Waals surface area contributed by atoms with E-state index in [1.54, 1.807) is 0 Å². The molecule has 5 atom stereocenters. The van der Waals surface area contributed by atoms with Crippen LogP contribution in [-0.4, -0.2) is 61.1 Å². The maximum absolute atomic E-state index is 14.6. The van der Waals surface area contributed by atoms with Gasteiger partial charge in [-0.15, -0.1) is 0 Å². The Labute approximate surface area is 137 Å². The lowest BCUT2D eigenvalue weighted by molar-refractivity contribution is -0.239. The summed E-state index contributed by atoms with van der Waals surface area (Å²) in [5.41, 5.74) is 0. The van der Waals surface area contributed by atoms with Crippen molar-refractivity contribution in [2.45, 2.75) is 58.4 Å². The quantitative estimate of drug-likeness (QED) is 0.527. The molecule has 1 N–H and O–H groups in total. The Kier molecular flexibility index (Phi) is 7.08. The van der Waals surface area contributed by atoms with Crippen LogP contribution in [-0.2, 0) is 38.1 Å². The van der Waals surface area contributed by atoms with Gasteiger partial charge in [-0.2, -0.15) is 0 Å². The molecule has 1 aliphatic heterocycles. The van der Waals surface area contributed by atoms with E-state index in [1.165, 1.54) is 0 Å². The number of nitrogens with one attached hydrogen (secondary N) is 1. The van der Waals surface area contributed by atoms with E-state index in [2.05, 4.69) is 5.32 Å². The first-order chi connectivity index (χ1) is 11.1. The van der Waals surface area contributed by atoms with Gasteiger partial charge in [-0.3, -0.25) is 19.2 Å². The van der Waals surface area contributed by atoms with Crippen molar-refractivity contribution in [1.82, 2.24) is 5.32 Å². The average Bonchev–Trinajstić information content (AvgIpc) is 2.42. The van der Waals surface area contributed by atoms with Gasteiger partial charge in [0.05, 0.1) is 0 Å². The predicted octanol–water partition coefficient (Wildman–Crippen LogP) is -0.388. The summed E-state index contributed by atoms with van der Waals surface area (Å²) >= 11 is 0. The number of carbonyl (C=O) groups excluding carboxylic acids is 4. The van der Waals surface area contributed by atoms with Gasteiger partial charge in [0.1, 0.15) is 12.7 Å². The molecule has 24 heavy (non-hydrogen) atoms. The van der Waals surface area contributed by atoms with Crippen LogP contribution in [0.4, 0.5) is 4.39 Å². The zero-order valence-corrected chi connectivity index (χ0v) is 13.7. The molecule has 1 fully saturated rings. The Balaban J connectivity index is 3.08. The van der Waals surface area contributed by atoms with Gasteiger partial charge in [0.25, 0.3) is 0 Å². The molecule has 10 heteroatoms. The third kappa shape index (κ3) is 5.76. The van der Waals surface area contributed by atoms with Crippen molar-refractivity contribution in [1.29, 1.82) is 0 Å². The van der Waals surface area contributed by atoms with Crippen molar-refractivity contribution in [3.63, 3.8) is 0 Å². The molecule has 0 spiro atoms. The monoisotopic (exact) mass is 349 g/mol. The van der Waals surface area contributed by atoms with Crippen molar-refractivity contribution >= 4 is 23.8 Å². The average molecular weight is 349 g/mol. The molecular weight excluding hydrogens is 329 g/mol. The summed E-state index contributed by atoms with van der Waals surface area (Å²) in [4.78, 5) is 44.7. The summed E-state index contributed by atoms with van der Waals surface area (Å²) in [6.07, 6.45) is -7.45. The number of hydrogen-bond acceptors (Lipinski definition) is 8. The van der Waals surface area contributed by atoms with Crippen LogP contribution in [0.15, 0.2) is 0 Å². The van der Waals surface area contributed by atoms with Gasteiger partial charge in [0.2, 0.25) is 5.91 Å². The highest BCUT2D eigenvalue weighted by molar-refractivity contribution is 5.73. The molecule has 0 aliphatic carbocycles. The van der Waals surface area contributed by atoms with Crippen LogP contribution in [0.5, 0.6) is 0 Å². The highest BCUT2D eigenvalue weighted by atomic mass is 19.1. The standard InChI is InChI=1S/C14H20FNO8/c1-6(17)16-14-11(15)13(23-9(4)20)12(22-8(3)19)10(24-14)5-21-7(2)18/h10-14H,5H2,1-4H3,(H,16,17)/t10-,11-,12+,13-,14-/m1/s1. The first-order valence-corrected chi connectivity index (χ1v) is 7.16. The topological polar surface area (TPSA) is 117 Å². The molecular formula is C14H20FNO8. The van der Waals surface area contributed by atoms with Gasteiger partial charge < -0.3 is 24.3 Å². The zero-order chi connectivity index (χ0) is 18.4. The van der Waals surface area contributed by atoms with Crippen LogP contribution in [0.1, 0.15) is 27.7 Å². The molecule has 1 aliphatic rings. The maximum Gasteiger partial charge on any atom is 0.303 e. The van der Waals surface area contributed by atoms with Crippen molar-refractivity contribution in [3.8, 4) is 0 Å². The van der Waals surface area contributed by atoms with Crippen molar-refractivity contribution in [3.05, 3.63) is 0 Å². The molecule has 0 saturated carbocycles. The lowest BCUT2D eigenvalue weighted by Gasteiger charge is -2.42. The number of alkyl halides is 1.